The number of ether oxygens (including phenoxy) is 2. The first-order valence-electron chi connectivity index (χ1n) is 8.43. The van der Waals surface area contributed by atoms with E-state index in [0.717, 1.165) is 23.8 Å². The Labute approximate surface area is 160 Å². The summed E-state index contributed by atoms with van der Waals surface area (Å²) in [5.74, 6) is -3.57. The molecule has 0 bridgehead atoms. The SMILES string of the molecule is COC(=O)C(=C(C)C)N1C(=O)[C@H](N2C(=O)c3ccccc3C2=O)[C@H]1OC(C)=O. The highest BCUT2D eigenvalue weighted by atomic mass is 16.6. The summed E-state index contributed by atoms with van der Waals surface area (Å²) >= 11 is 0. The molecule has 3 rings (SSSR count). The number of carbonyl (C=O) groups excluding carboxylic acids is 5. The van der Waals surface area contributed by atoms with Crippen LogP contribution in [0.1, 0.15) is 41.5 Å². The summed E-state index contributed by atoms with van der Waals surface area (Å²) in [6.45, 7) is 4.29. The summed E-state index contributed by atoms with van der Waals surface area (Å²) in [4.78, 5) is 63.8. The smallest absolute Gasteiger partial charge is 0.354 e. The Balaban J connectivity index is 2.01. The fourth-order valence-electron chi connectivity index (χ4n) is 3.31. The lowest BCUT2D eigenvalue weighted by Gasteiger charge is -2.48. The van der Waals surface area contributed by atoms with E-state index in [9.17, 15) is 24.0 Å². The molecule has 1 aromatic carbocycles. The number of carbonyl (C=O) groups is 5. The number of imide groups is 1. The molecule has 2 atom stereocenters. The summed E-state index contributed by atoms with van der Waals surface area (Å²) in [6, 6.07) is 4.80. The van der Waals surface area contributed by atoms with Crippen LogP contribution < -0.4 is 0 Å². The quantitative estimate of drug-likeness (QED) is 0.326. The molecule has 0 saturated carbocycles. The van der Waals surface area contributed by atoms with E-state index in [1.807, 2.05) is 0 Å². The molecule has 2 aliphatic heterocycles. The van der Waals surface area contributed by atoms with Crippen LogP contribution in [0.5, 0.6) is 0 Å². The zero-order valence-corrected chi connectivity index (χ0v) is 15.7. The number of rotatable bonds is 4. The van der Waals surface area contributed by atoms with Crippen molar-refractivity contribution in [1.29, 1.82) is 0 Å². The molecule has 3 amide bonds. The summed E-state index contributed by atoms with van der Waals surface area (Å²) in [6.07, 6.45) is -1.32. The van der Waals surface area contributed by atoms with Gasteiger partial charge < -0.3 is 9.47 Å². The van der Waals surface area contributed by atoms with Crippen molar-refractivity contribution in [3.05, 3.63) is 46.7 Å². The Morgan fingerprint density at radius 3 is 1.93 bits per heavy atom. The van der Waals surface area contributed by atoms with Crippen molar-refractivity contribution >= 4 is 29.7 Å². The second-order valence-corrected chi connectivity index (χ2v) is 6.52. The van der Waals surface area contributed by atoms with E-state index in [4.69, 9.17) is 9.47 Å². The maximum absolute atomic E-state index is 12.9. The van der Waals surface area contributed by atoms with Crippen molar-refractivity contribution in [3.8, 4) is 0 Å². The molecular weight excluding hydrogens is 368 g/mol. The van der Waals surface area contributed by atoms with Crippen molar-refractivity contribution in [3.63, 3.8) is 0 Å². The zero-order valence-electron chi connectivity index (χ0n) is 15.7. The fourth-order valence-corrected chi connectivity index (χ4v) is 3.31. The van der Waals surface area contributed by atoms with Crippen LogP contribution in [-0.2, 0) is 23.9 Å². The van der Waals surface area contributed by atoms with Gasteiger partial charge in [0.05, 0.1) is 18.2 Å². The topological polar surface area (TPSA) is 110 Å². The van der Waals surface area contributed by atoms with Crippen LogP contribution in [0.25, 0.3) is 0 Å². The Kier molecular flexibility index (Phi) is 4.76. The highest BCUT2D eigenvalue weighted by Crippen LogP contribution is 2.36. The molecule has 0 unspecified atom stereocenters. The van der Waals surface area contributed by atoms with Gasteiger partial charge in [-0.15, -0.1) is 0 Å². The number of esters is 2. The molecule has 2 aliphatic rings. The highest BCUT2D eigenvalue weighted by molar-refractivity contribution is 6.23. The molecule has 0 radical (unpaired) electrons. The van der Waals surface area contributed by atoms with Crippen LogP contribution in [0.3, 0.4) is 0 Å². The van der Waals surface area contributed by atoms with E-state index >= 15 is 0 Å². The van der Waals surface area contributed by atoms with Crippen LogP contribution in [-0.4, -0.2) is 58.8 Å². The molecule has 1 saturated heterocycles. The highest BCUT2D eigenvalue weighted by Gasteiger charge is 2.60. The summed E-state index contributed by atoms with van der Waals surface area (Å²) < 4.78 is 9.90. The van der Waals surface area contributed by atoms with Gasteiger partial charge >= 0.3 is 11.9 Å². The van der Waals surface area contributed by atoms with Gasteiger partial charge in [0.2, 0.25) is 6.23 Å². The lowest BCUT2D eigenvalue weighted by atomic mass is 9.99. The Morgan fingerprint density at radius 1 is 0.964 bits per heavy atom. The third-order valence-corrected chi connectivity index (χ3v) is 4.50. The minimum absolute atomic E-state index is 0.105. The first-order valence-corrected chi connectivity index (χ1v) is 8.43. The number of benzene rings is 1. The number of allylic oxidation sites excluding steroid dienone is 1. The van der Waals surface area contributed by atoms with Gasteiger partial charge in [0.25, 0.3) is 17.7 Å². The molecule has 1 aromatic rings. The molecule has 9 nitrogen and oxygen atoms in total. The van der Waals surface area contributed by atoms with Crippen LogP contribution in [0.4, 0.5) is 0 Å². The number of amides is 3. The van der Waals surface area contributed by atoms with Crippen LogP contribution >= 0.6 is 0 Å². The average molecular weight is 386 g/mol. The van der Waals surface area contributed by atoms with Gasteiger partial charge in [-0.1, -0.05) is 12.1 Å². The van der Waals surface area contributed by atoms with Gasteiger partial charge in [-0.25, -0.2) is 4.79 Å². The molecule has 0 aromatic heterocycles. The van der Waals surface area contributed by atoms with E-state index < -0.39 is 41.9 Å². The number of hydrogen-bond acceptors (Lipinski definition) is 7. The minimum atomic E-state index is -1.37. The number of fused-ring (bicyclic) bond motifs is 1. The van der Waals surface area contributed by atoms with Gasteiger partial charge in [-0.05, 0) is 31.6 Å². The maximum Gasteiger partial charge on any atom is 0.354 e. The lowest BCUT2D eigenvalue weighted by molar-refractivity contribution is -0.192. The fraction of sp³-hybridized carbons (Fsp3) is 0.316. The van der Waals surface area contributed by atoms with Crippen LogP contribution in [0.15, 0.2) is 35.5 Å². The van der Waals surface area contributed by atoms with E-state index in [0.29, 0.717) is 5.57 Å². The first-order chi connectivity index (χ1) is 13.2. The Hall–Kier alpha value is -3.49. The Morgan fingerprint density at radius 2 is 1.50 bits per heavy atom. The predicted molar refractivity (Wildman–Crippen MR) is 93.5 cm³/mol. The predicted octanol–water partition coefficient (Wildman–Crippen LogP) is 0.849. The first kappa shape index (κ1) is 19.3. The molecule has 28 heavy (non-hydrogen) atoms. The third kappa shape index (κ3) is 2.75. The van der Waals surface area contributed by atoms with Crippen molar-refractivity contribution in [2.24, 2.45) is 0 Å². The summed E-state index contributed by atoms with van der Waals surface area (Å²) in [5.41, 5.74) is 0.663. The normalized spacial score (nSPS) is 20.5. The zero-order chi connectivity index (χ0) is 20.7. The molecule has 0 N–H and O–H groups in total. The molecule has 1 fully saturated rings. The van der Waals surface area contributed by atoms with Gasteiger partial charge in [-0.3, -0.25) is 29.0 Å². The third-order valence-electron chi connectivity index (χ3n) is 4.50. The number of hydrogen-bond donors (Lipinski definition) is 0. The average Bonchev–Trinajstić information content (AvgIpc) is 2.90. The lowest BCUT2D eigenvalue weighted by Crippen LogP contribution is -2.72. The molecule has 146 valence electrons. The summed E-state index contributed by atoms with van der Waals surface area (Å²) in [7, 11) is 1.15. The van der Waals surface area contributed by atoms with Crippen molar-refractivity contribution in [2.45, 2.75) is 33.0 Å². The van der Waals surface area contributed by atoms with Gasteiger partial charge in [0.1, 0.15) is 5.70 Å². The van der Waals surface area contributed by atoms with Crippen LogP contribution in [0, 0.1) is 0 Å². The summed E-state index contributed by atoms with van der Waals surface area (Å²) in [5, 5.41) is 0. The molecule has 2 heterocycles. The maximum atomic E-state index is 12.9. The van der Waals surface area contributed by atoms with Crippen molar-refractivity contribution in [2.75, 3.05) is 7.11 Å². The number of methoxy groups -OCH3 is 1. The van der Waals surface area contributed by atoms with E-state index in [-0.39, 0.29) is 16.8 Å². The van der Waals surface area contributed by atoms with E-state index in [1.165, 1.54) is 12.1 Å². The number of nitrogens with zero attached hydrogens (tertiary/aromatic N) is 2. The molecular formula is C19H18N2O7. The van der Waals surface area contributed by atoms with Crippen molar-refractivity contribution in [1.82, 2.24) is 9.80 Å². The van der Waals surface area contributed by atoms with Gasteiger partial charge in [-0.2, -0.15) is 0 Å². The molecule has 0 aliphatic carbocycles. The van der Waals surface area contributed by atoms with E-state index in [1.54, 1.807) is 26.0 Å². The monoisotopic (exact) mass is 386 g/mol. The largest absolute Gasteiger partial charge is 0.464 e. The second kappa shape index (κ2) is 6.91. The molecule has 0 spiro atoms. The number of β-lactam (4-membered cyclic amide) rings is 1. The molecule has 9 heteroatoms. The number of likely N-dealkylation sites (tertiary alicyclic amines) is 1. The van der Waals surface area contributed by atoms with Crippen molar-refractivity contribution < 1.29 is 33.4 Å². The van der Waals surface area contributed by atoms with Gasteiger partial charge in [0, 0.05) is 6.92 Å². The Bertz CT molecular complexity index is 910. The van der Waals surface area contributed by atoms with E-state index in [2.05, 4.69) is 0 Å². The standard InChI is InChI=1S/C19H18N2O7/c1-9(2)13(19(26)27-4)21-17(25)14(18(21)28-10(3)22)20-15(23)11-7-5-6-8-12(11)16(20)24/h5-8,14,18H,1-4H3/t14-,18+/m0/s1. The van der Waals surface area contributed by atoms with Gasteiger partial charge in [0.15, 0.2) is 6.04 Å². The second-order valence-electron chi connectivity index (χ2n) is 6.52. The van der Waals surface area contributed by atoms with Crippen LogP contribution in [0.2, 0.25) is 0 Å². The minimum Gasteiger partial charge on any atom is -0.464 e.